The summed E-state index contributed by atoms with van der Waals surface area (Å²) in [7, 11) is 6.02. The minimum absolute atomic E-state index is 0.462. The quantitative estimate of drug-likeness (QED) is 0.663. The molecule has 1 atom stereocenters. The summed E-state index contributed by atoms with van der Waals surface area (Å²) in [4.78, 5) is 9.18. The van der Waals surface area contributed by atoms with Crippen LogP contribution in [0, 0.1) is 0 Å². The zero-order valence-corrected chi connectivity index (χ0v) is 16.4. The molecule has 2 aromatic rings. The summed E-state index contributed by atoms with van der Waals surface area (Å²) in [6.07, 6.45) is 3.22. The summed E-state index contributed by atoms with van der Waals surface area (Å²) >= 11 is 0. The molecule has 0 aliphatic carbocycles. The van der Waals surface area contributed by atoms with Crippen LogP contribution < -0.4 is 5.32 Å². The fourth-order valence-corrected chi connectivity index (χ4v) is 3.63. The maximum absolute atomic E-state index is 4.45. The van der Waals surface area contributed by atoms with Crippen LogP contribution in [0.1, 0.15) is 23.7 Å². The Morgan fingerprint density at radius 1 is 1.23 bits per heavy atom. The third-order valence-corrected chi connectivity index (χ3v) is 5.36. The van der Waals surface area contributed by atoms with Crippen LogP contribution in [-0.2, 0) is 26.6 Å². The van der Waals surface area contributed by atoms with Gasteiger partial charge >= 0.3 is 0 Å². The summed E-state index contributed by atoms with van der Waals surface area (Å²) < 4.78 is 2.15. The highest BCUT2D eigenvalue weighted by Crippen LogP contribution is 2.20. The number of guanidine groups is 1. The zero-order chi connectivity index (χ0) is 18.5. The van der Waals surface area contributed by atoms with Crippen LogP contribution in [0.2, 0.25) is 0 Å². The second kappa shape index (κ2) is 8.41. The molecule has 1 unspecified atom stereocenters. The Balaban J connectivity index is 1.53. The van der Waals surface area contributed by atoms with Gasteiger partial charge in [-0.15, -0.1) is 0 Å². The molecule has 2 heterocycles. The third-order valence-electron chi connectivity index (χ3n) is 5.36. The number of aromatic nitrogens is 1. The molecule has 0 spiro atoms. The van der Waals surface area contributed by atoms with E-state index >= 15 is 0 Å². The molecule has 0 saturated carbocycles. The summed E-state index contributed by atoms with van der Waals surface area (Å²) in [6.45, 7) is 6.20. The van der Waals surface area contributed by atoms with Gasteiger partial charge in [0, 0.05) is 58.7 Å². The average molecular weight is 354 g/mol. The molecule has 0 radical (unpaired) electrons. The number of aliphatic imine (C=N–C) groups is 1. The van der Waals surface area contributed by atoms with Crippen LogP contribution in [0.25, 0.3) is 0 Å². The summed E-state index contributed by atoms with van der Waals surface area (Å²) in [5, 5.41) is 3.55. The predicted octanol–water partition coefficient (Wildman–Crippen LogP) is 2.48. The monoisotopic (exact) mass is 353 g/mol. The fourth-order valence-electron chi connectivity index (χ4n) is 3.63. The molecule has 0 bridgehead atoms. The molecule has 26 heavy (non-hydrogen) atoms. The van der Waals surface area contributed by atoms with Gasteiger partial charge in [-0.2, -0.15) is 0 Å². The summed E-state index contributed by atoms with van der Waals surface area (Å²) in [5.41, 5.74) is 4.24. The molecule has 1 aliphatic heterocycles. The van der Waals surface area contributed by atoms with E-state index < -0.39 is 0 Å². The van der Waals surface area contributed by atoms with Crippen molar-refractivity contribution in [1.82, 2.24) is 19.7 Å². The molecule has 0 fully saturated rings. The standard InChI is InChI=1S/C21H31N5/c1-17(26-13-11-18-8-5-6-9-19(18)15-26)14-23-21(22-2)25(4)16-20-10-7-12-24(20)3/h5-10,12,17H,11,13-16H2,1-4H3,(H,22,23). The van der Waals surface area contributed by atoms with E-state index in [1.165, 1.54) is 16.8 Å². The van der Waals surface area contributed by atoms with E-state index in [9.17, 15) is 0 Å². The van der Waals surface area contributed by atoms with Gasteiger partial charge < -0.3 is 14.8 Å². The maximum Gasteiger partial charge on any atom is 0.193 e. The van der Waals surface area contributed by atoms with Crippen molar-refractivity contribution < 1.29 is 0 Å². The highest BCUT2D eigenvalue weighted by molar-refractivity contribution is 5.79. The van der Waals surface area contributed by atoms with Crippen LogP contribution in [-0.4, -0.2) is 53.6 Å². The van der Waals surface area contributed by atoms with Crippen molar-refractivity contribution in [3.8, 4) is 0 Å². The second-order valence-corrected chi connectivity index (χ2v) is 7.23. The first kappa shape index (κ1) is 18.5. The van der Waals surface area contributed by atoms with E-state index in [1.54, 1.807) is 0 Å². The van der Waals surface area contributed by atoms with E-state index in [2.05, 4.69) is 88.3 Å². The Kier molecular flexibility index (Phi) is 5.99. The molecule has 5 nitrogen and oxygen atoms in total. The number of hydrogen-bond donors (Lipinski definition) is 1. The number of aryl methyl sites for hydroxylation is 1. The molecule has 1 aromatic heterocycles. The van der Waals surface area contributed by atoms with Gasteiger partial charge in [0.1, 0.15) is 0 Å². The maximum atomic E-state index is 4.45. The van der Waals surface area contributed by atoms with Crippen molar-refractivity contribution in [3.05, 3.63) is 59.4 Å². The molecule has 3 rings (SSSR count). The number of benzene rings is 1. The highest BCUT2D eigenvalue weighted by Gasteiger charge is 2.20. The van der Waals surface area contributed by atoms with Gasteiger partial charge in [-0.25, -0.2) is 0 Å². The van der Waals surface area contributed by atoms with Crippen molar-refractivity contribution >= 4 is 5.96 Å². The Hall–Kier alpha value is -2.27. The van der Waals surface area contributed by atoms with E-state index in [1.807, 2.05) is 7.05 Å². The van der Waals surface area contributed by atoms with Gasteiger partial charge in [-0.05, 0) is 36.6 Å². The summed E-state index contributed by atoms with van der Waals surface area (Å²) in [5.74, 6) is 0.940. The van der Waals surface area contributed by atoms with Gasteiger partial charge in [-0.1, -0.05) is 24.3 Å². The summed E-state index contributed by atoms with van der Waals surface area (Å²) in [6, 6.07) is 13.5. The Morgan fingerprint density at radius 2 is 2.00 bits per heavy atom. The first-order valence-corrected chi connectivity index (χ1v) is 9.41. The fraction of sp³-hybridized carbons (Fsp3) is 0.476. The first-order chi connectivity index (χ1) is 12.6. The number of rotatable bonds is 5. The largest absolute Gasteiger partial charge is 0.355 e. The smallest absolute Gasteiger partial charge is 0.193 e. The molecule has 0 amide bonds. The minimum Gasteiger partial charge on any atom is -0.355 e. The topological polar surface area (TPSA) is 35.8 Å². The lowest BCUT2D eigenvalue weighted by Gasteiger charge is -2.34. The van der Waals surface area contributed by atoms with E-state index in [0.29, 0.717) is 6.04 Å². The molecular formula is C21H31N5. The normalized spacial score (nSPS) is 16.2. The van der Waals surface area contributed by atoms with Crippen LogP contribution >= 0.6 is 0 Å². The lowest BCUT2D eigenvalue weighted by molar-refractivity contribution is 0.190. The predicted molar refractivity (Wildman–Crippen MR) is 108 cm³/mol. The van der Waals surface area contributed by atoms with E-state index in [4.69, 9.17) is 0 Å². The van der Waals surface area contributed by atoms with Crippen LogP contribution in [0.15, 0.2) is 47.6 Å². The number of fused-ring (bicyclic) bond motifs is 1. The lowest BCUT2D eigenvalue weighted by atomic mass is 9.99. The van der Waals surface area contributed by atoms with Crippen molar-refractivity contribution in [2.75, 3.05) is 27.2 Å². The average Bonchev–Trinajstić information content (AvgIpc) is 3.06. The van der Waals surface area contributed by atoms with E-state index in [-0.39, 0.29) is 0 Å². The number of nitrogens with zero attached hydrogens (tertiary/aromatic N) is 4. The van der Waals surface area contributed by atoms with Crippen molar-refractivity contribution in [1.29, 1.82) is 0 Å². The van der Waals surface area contributed by atoms with Crippen molar-refractivity contribution in [3.63, 3.8) is 0 Å². The van der Waals surface area contributed by atoms with Crippen LogP contribution in [0.4, 0.5) is 0 Å². The Labute approximate surface area is 157 Å². The first-order valence-electron chi connectivity index (χ1n) is 9.41. The highest BCUT2D eigenvalue weighted by atomic mass is 15.3. The molecule has 5 heteroatoms. The van der Waals surface area contributed by atoms with Gasteiger partial charge in [0.2, 0.25) is 0 Å². The van der Waals surface area contributed by atoms with Crippen LogP contribution in [0.5, 0.6) is 0 Å². The number of nitrogens with one attached hydrogen (secondary N) is 1. The molecule has 1 aliphatic rings. The van der Waals surface area contributed by atoms with Crippen molar-refractivity contribution in [2.45, 2.75) is 32.5 Å². The second-order valence-electron chi connectivity index (χ2n) is 7.23. The van der Waals surface area contributed by atoms with E-state index in [0.717, 1.165) is 38.6 Å². The SMILES string of the molecule is CN=C(NCC(C)N1CCc2ccccc2C1)N(C)Cc1cccn1C. The van der Waals surface area contributed by atoms with Gasteiger partial charge in [0.25, 0.3) is 0 Å². The Morgan fingerprint density at radius 3 is 2.69 bits per heavy atom. The third kappa shape index (κ3) is 4.28. The molecular weight excluding hydrogens is 322 g/mol. The minimum atomic E-state index is 0.462. The van der Waals surface area contributed by atoms with Crippen LogP contribution in [0.3, 0.4) is 0 Å². The Bertz CT molecular complexity index is 748. The molecule has 0 saturated heterocycles. The molecule has 140 valence electrons. The van der Waals surface area contributed by atoms with Crippen molar-refractivity contribution in [2.24, 2.45) is 12.0 Å². The molecule has 1 aromatic carbocycles. The lowest BCUT2D eigenvalue weighted by Crippen LogP contribution is -2.47. The number of hydrogen-bond acceptors (Lipinski definition) is 2. The zero-order valence-electron chi connectivity index (χ0n) is 16.4. The van der Waals surface area contributed by atoms with Gasteiger partial charge in [-0.3, -0.25) is 9.89 Å². The molecule has 1 N–H and O–H groups in total. The van der Waals surface area contributed by atoms with Gasteiger partial charge in [0.05, 0.1) is 6.54 Å². The van der Waals surface area contributed by atoms with Gasteiger partial charge in [0.15, 0.2) is 5.96 Å².